The van der Waals surface area contributed by atoms with Gasteiger partial charge in [0.25, 0.3) is 0 Å². The van der Waals surface area contributed by atoms with Gasteiger partial charge in [-0.2, -0.15) is 0 Å². The molecule has 0 aliphatic heterocycles. The molecule has 150 valence electrons. The van der Waals surface area contributed by atoms with Gasteiger partial charge in [0.1, 0.15) is 11.5 Å². The van der Waals surface area contributed by atoms with E-state index in [4.69, 9.17) is 9.47 Å². The minimum absolute atomic E-state index is 0.0173. The second-order valence-electron chi connectivity index (χ2n) is 6.84. The molecule has 2 aromatic rings. The molecule has 0 amide bonds. The van der Waals surface area contributed by atoms with E-state index < -0.39 is 0 Å². The Labute approximate surface area is 169 Å². The second-order valence-corrected chi connectivity index (χ2v) is 6.84. The molecule has 2 aromatic carbocycles. The third-order valence-electron chi connectivity index (χ3n) is 4.52. The lowest BCUT2D eigenvalue weighted by atomic mass is 10.1. The minimum Gasteiger partial charge on any atom is -0.494 e. The molecule has 0 spiro atoms. The van der Waals surface area contributed by atoms with Gasteiger partial charge in [-0.05, 0) is 61.4 Å². The Morgan fingerprint density at radius 1 is 0.786 bits per heavy atom. The summed E-state index contributed by atoms with van der Waals surface area (Å²) in [4.78, 5) is 12.3. The largest absolute Gasteiger partial charge is 0.494 e. The van der Waals surface area contributed by atoms with Crippen molar-refractivity contribution in [2.75, 3.05) is 13.2 Å². The van der Waals surface area contributed by atoms with Crippen LogP contribution in [0.25, 0.3) is 6.08 Å². The molecule has 2 rings (SSSR count). The molecule has 0 atom stereocenters. The summed E-state index contributed by atoms with van der Waals surface area (Å²) in [5.41, 5.74) is 1.63. The molecule has 28 heavy (non-hydrogen) atoms. The number of rotatable bonds is 13. The highest BCUT2D eigenvalue weighted by molar-refractivity contribution is 6.06. The van der Waals surface area contributed by atoms with Crippen LogP contribution in [-0.4, -0.2) is 19.0 Å². The van der Waals surface area contributed by atoms with Crippen molar-refractivity contribution in [3.8, 4) is 11.5 Å². The third-order valence-corrected chi connectivity index (χ3v) is 4.52. The minimum atomic E-state index is -0.0173. The van der Waals surface area contributed by atoms with Gasteiger partial charge >= 0.3 is 0 Å². The van der Waals surface area contributed by atoms with Gasteiger partial charge < -0.3 is 9.47 Å². The maximum Gasteiger partial charge on any atom is 0.185 e. The van der Waals surface area contributed by atoms with Crippen LogP contribution in [0.2, 0.25) is 0 Å². The van der Waals surface area contributed by atoms with Gasteiger partial charge in [0.15, 0.2) is 5.78 Å². The quantitative estimate of drug-likeness (QED) is 0.220. The van der Waals surface area contributed by atoms with Crippen LogP contribution in [0.4, 0.5) is 0 Å². The zero-order chi connectivity index (χ0) is 20.0. The number of carbonyl (C=O) groups excluding carboxylic acids is 1. The summed E-state index contributed by atoms with van der Waals surface area (Å²) in [5.74, 6) is 1.64. The summed E-state index contributed by atoms with van der Waals surface area (Å²) in [7, 11) is 0. The molecule has 0 heterocycles. The van der Waals surface area contributed by atoms with Crippen molar-refractivity contribution < 1.29 is 14.3 Å². The highest BCUT2D eigenvalue weighted by Crippen LogP contribution is 2.16. The Morgan fingerprint density at radius 2 is 1.39 bits per heavy atom. The Hall–Kier alpha value is -2.55. The Morgan fingerprint density at radius 3 is 2.07 bits per heavy atom. The third kappa shape index (κ3) is 7.99. The molecule has 0 aliphatic rings. The number of carbonyl (C=O) groups is 1. The van der Waals surface area contributed by atoms with Crippen molar-refractivity contribution in [1.82, 2.24) is 0 Å². The van der Waals surface area contributed by atoms with Crippen LogP contribution in [0.15, 0.2) is 54.6 Å². The Balaban J connectivity index is 1.76. The summed E-state index contributed by atoms with van der Waals surface area (Å²) in [6, 6.07) is 15.1. The normalized spacial score (nSPS) is 10.9. The fraction of sp³-hybridized carbons (Fsp3) is 0.400. The highest BCUT2D eigenvalue weighted by atomic mass is 16.5. The van der Waals surface area contributed by atoms with Gasteiger partial charge in [0.2, 0.25) is 0 Å². The van der Waals surface area contributed by atoms with Gasteiger partial charge in [0.05, 0.1) is 13.2 Å². The van der Waals surface area contributed by atoms with E-state index in [0.29, 0.717) is 12.2 Å². The molecule has 0 radical (unpaired) electrons. The van der Waals surface area contributed by atoms with Gasteiger partial charge in [-0.25, -0.2) is 0 Å². The standard InChI is InChI=1S/C25H32O3/c1-3-5-6-7-8-9-20-28-24-17-13-22(14-18-24)25(26)19-12-21-10-15-23(16-11-21)27-4-2/h10-19H,3-9,20H2,1-2H3/b19-12+. The van der Waals surface area contributed by atoms with Gasteiger partial charge in [-0.3, -0.25) is 4.79 Å². The van der Waals surface area contributed by atoms with Crippen LogP contribution < -0.4 is 9.47 Å². The van der Waals surface area contributed by atoms with Crippen molar-refractivity contribution in [2.24, 2.45) is 0 Å². The molecular weight excluding hydrogens is 348 g/mol. The van der Waals surface area contributed by atoms with E-state index in [1.54, 1.807) is 6.08 Å². The monoisotopic (exact) mass is 380 g/mol. The van der Waals surface area contributed by atoms with Crippen molar-refractivity contribution in [3.05, 3.63) is 65.7 Å². The van der Waals surface area contributed by atoms with E-state index in [-0.39, 0.29) is 5.78 Å². The summed E-state index contributed by atoms with van der Waals surface area (Å²) >= 11 is 0. The lowest BCUT2D eigenvalue weighted by Crippen LogP contribution is -1.99. The Bertz CT molecular complexity index is 714. The number of unbranched alkanes of at least 4 members (excludes halogenated alkanes) is 5. The SMILES string of the molecule is CCCCCCCCOc1ccc(C(=O)/C=C/c2ccc(OCC)cc2)cc1. The summed E-state index contributed by atoms with van der Waals surface area (Å²) in [5, 5.41) is 0. The van der Waals surface area contributed by atoms with E-state index in [1.807, 2.05) is 61.5 Å². The molecule has 0 aromatic heterocycles. The van der Waals surface area contributed by atoms with E-state index >= 15 is 0 Å². The Kier molecular flexibility index (Phi) is 9.92. The zero-order valence-electron chi connectivity index (χ0n) is 17.2. The molecule has 0 saturated heterocycles. The molecule has 3 nitrogen and oxygen atoms in total. The van der Waals surface area contributed by atoms with Crippen molar-refractivity contribution in [3.63, 3.8) is 0 Å². The predicted octanol–water partition coefficient (Wildman–Crippen LogP) is 6.72. The number of benzene rings is 2. The number of hydrogen-bond donors (Lipinski definition) is 0. The average Bonchev–Trinajstić information content (AvgIpc) is 2.73. The van der Waals surface area contributed by atoms with Crippen LogP contribution in [0, 0.1) is 0 Å². The summed E-state index contributed by atoms with van der Waals surface area (Å²) < 4.78 is 11.2. The smallest absolute Gasteiger partial charge is 0.185 e. The fourth-order valence-electron chi connectivity index (χ4n) is 2.90. The maximum absolute atomic E-state index is 12.3. The lowest BCUT2D eigenvalue weighted by molar-refractivity contribution is 0.104. The van der Waals surface area contributed by atoms with Crippen LogP contribution in [-0.2, 0) is 0 Å². The van der Waals surface area contributed by atoms with E-state index in [1.165, 1.54) is 32.1 Å². The molecule has 0 bridgehead atoms. The average molecular weight is 381 g/mol. The number of hydrogen-bond acceptors (Lipinski definition) is 3. The van der Waals surface area contributed by atoms with Gasteiger partial charge in [-0.1, -0.05) is 57.2 Å². The molecule has 0 fully saturated rings. The maximum atomic E-state index is 12.3. The molecule has 0 aliphatic carbocycles. The van der Waals surface area contributed by atoms with Crippen molar-refractivity contribution in [2.45, 2.75) is 52.4 Å². The summed E-state index contributed by atoms with van der Waals surface area (Å²) in [6.45, 7) is 5.56. The van der Waals surface area contributed by atoms with E-state index in [0.717, 1.165) is 30.1 Å². The lowest BCUT2D eigenvalue weighted by Gasteiger charge is -2.06. The first-order valence-electron chi connectivity index (χ1n) is 10.4. The van der Waals surface area contributed by atoms with Crippen LogP contribution >= 0.6 is 0 Å². The fourth-order valence-corrected chi connectivity index (χ4v) is 2.90. The van der Waals surface area contributed by atoms with Crippen LogP contribution in [0.5, 0.6) is 11.5 Å². The van der Waals surface area contributed by atoms with Gasteiger partial charge in [0, 0.05) is 5.56 Å². The second kappa shape index (κ2) is 12.8. The highest BCUT2D eigenvalue weighted by Gasteiger charge is 2.03. The van der Waals surface area contributed by atoms with Crippen LogP contribution in [0.3, 0.4) is 0 Å². The molecule has 0 unspecified atom stereocenters. The number of allylic oxidation sites excluding steroid dienone is 1. The topological polar surface area (TPSA) is 35.5 Å². The number of ether oxygens (including phenoxy) is 2. The predicted molar refractivity (Wildman–Crippen MR) is 116 cm³/mol. The first kappa shape index (κ1) is 21.7. The first-order valence-corrected chi connectivity index (χ1v) is 10.4. The number of ketones is 1. The van der Waals surface area contributed by atoms with E-state index in [2.05, 4.69) is 6.92 Å². The van der Waals surface area contributed by atoms with E-state index in [9.17, 15) is 4.79 Å². The van der Waals surface area contributed by atoms with Crippen LogP contribution in [0.1, 0.15) is 68.3 Å². The first-order chi connectivity index (χ1) is 13.7. The zero-order valence-corrected chi connectivity index (χ0v) is 17.2. The summed E-state index contributed by atoms with van der Waals surface area (Å²) in [6.07, 6.45) is 10.9. The van der Waals surface area contributed by atoms with Crippen molar-refractivity contribution >= 4 is 11.9 Å². The molecule has 3 heteroatoms. The molecule has 0 N–H and O–H groups in total. The van der Waals surface area contributed by atoms with Crippen molar-refractivity contribution in [1.29, 1.82) is 0 Å². The molecule has 0 saturated carbocycles. The van der Waals surface area contributed by atoms with Gasteiger partial charge in [-0.15, -0.1) is 0 Å². The molecular formula is C25H32O3.